The molecule has 3 aromatic rings. The van der Waals surface area contributed by atoms with Crippen LogP contribution in [0.25, 0.3) is 0 Å². The van der Waals surface area contributed by atoms with E-state index >= 15 is 0 Å². The third-order valence-electron chi connectivity index (χ3n) is 7.46. The first-order valence-corrected chi connectivity index (χ1v) is 15.4. The van der Waals surface area contributed by atoms with E-state index in [1.165, 1.54) is 17.0 Å². The summed E-state index contributed by atoms with van der Waals surface area (Å²) >= 11 is 0. The van der Waals surface area contributed by atoms with Crippen LogP contribution in [0.1, 0.15) is 55.7 Å². The highest BCUT2D eigenvalue weighted by molar-refractivity contribution is 7.92. The molecule has 1 fully saturated rings. The van der Waals surface area contributed by atoms with Crippen LogP contribution in [0.4, 0.5) is 5.69 Å². The van der Waals surface area contributed by atoms with Crippen molar-refractivity contribution in [1.29, 1.82) is 0 Å². The standard InChI is InChI=1S/C32H39N3O4S/c1-4-30(32(37)33-27-12-8-9-13-27)34(22-26-19-17-24(2)18-20-26)31(36)23-35(28-14-10-11-25(3)21-28)40(38,39)29-15-6-5-7-16-29/h5-7,10-11,14-21,27,30H,4,8-9,12-13,22-23H2,1-3H3,(H,33,37)/t30-/m1/s1. The first-order valence-electron chi connectivity index (χ1n) is 14.0. The quantitative estimate of drug-likeness (QED) is 0.341. The van der Waals surface area contributed by atoms with Gasteiger partial charge in [-0.2, -0.15) is 0 Å². The maximum Gasteiger partial charge on any atom is 0.264 e. The third kappa shape index (κ3) is 7.10. The van der Waals surface area contributed by atoms with Crippen molar-refractivity contribution in [2.45, 2.75) is 76.4 Å². The molecule has 0 aliphatic heterocycles. The Labute approximate surface area is 238 Å². The van der Waals surface area contributed by atoms with Crippen LogP contribution in [-0.4, -0.2) is 43.8 Å². The minimum absolute atomic E-state index is 0.0976. The fourth-order valence-corrected chi connectivity index (χ4v) is 6.64. The van der Waals surface area contributed by atoms with E-state index < -0.39 is 28.5 Å². The van der Waals surface area contributed by atoms with Gasteiger partial charge in [0.15, 0.2) is 0 Å². The smallest absolute Gasteiger partial charge is 0.264 e. The van der Waals surface area contributed by atoms with Crippen LogP contribution in [0.15, 0.2) is 83.8 Å². The maximum absolute atomic E-state index is 14.1. The topological polar surface area (TPSA) is 86.8 Å². The monoisotopic (exact) mass is 561 g/mol. The van der Waals surface area contributed by atoms with Crippen molar-refractivity contribution in [3.63, 3.8) is 0 Å². The van der Waals surface area contributed by atoms with Crippen molar-refractivity contribution in [3.05, 3.63) is 95.6 Å². The second kappa shape index (κ2) is 13.1. The molecule has 0 bridgehead atoms. The average molecular weight is 562 g/mol. The first kappa shape index (κ1) is 29.3. The second-order valence-corrected chi connectivity index (χ2v) is 12.4. The molecule has 4 rings (SSSR count). The number of hydrogen-bond acceptors (Lipinski definition) is 4. The molecule has 0 radical (unpaired) electrons. The summed E-state index contributed by atoms with van der Waals surface area (Å²) in [7, 11) is -4.06. The highest BCUT2D eigenvalue weighted by Gasteiger charge is 2.34. The number of amides is 2. The highest BCUT2D eigenvalue weighted by Crippen LogP contribution is 2.26. The second-order valence-electron chi connectivity index (χ2n) is 10.6. The van der Waals surface area contributed by atoms with E-state index in [1.807, 2.05) is 51.1 Å². The number of carbonyl (C=O) groups excluding carboxylic acids is 2. The van der Waals surface area contributed by atoms with Gasteiger partial charge in [0.2, 0.25) is 11.8 Å². The van der Waals surface area contributed by atoms with Crippen LogP contribution in [0.5, 0.6) is 0 Å². The summed E-state index contributed by atoms with van der Waals surface area (Å²) in [6.45, 7) is 5.52. The summed E-state index contributed by atoms with van der Waals surface area (Å²) in [5.74, 6) is -0.627. The Balaban J connectivity index is 1.70. The zero-order chi connectivity index (χ0) is 28.7. The molecule has 0 saturated heterocycles. The molecule has 1 aliphatic carbocycles. The number of aryl methyl sites for hydroxylation is 2. The van der Waals surface area contributed by atoms with E-state index in [4.69, 9.17) is 0 Å². The molecule has 8 heteroatoms. The predicted molar refractivity (Wildman–Crippen MR) is 158 cm³/mol. The fraction of sp³-hybridized carbons (Fsp3) is 0.375. The van der Waals surface area contributed by atoms with Crippen molar-refractivity contribution < 1.29 is 18.0 Å². The van der Waals surface area contributed by atoms with Crippen LogP contribution in [0.3, 0.4) is 0 Å². The normalized spacial score (nSPS) is 14.5. The van der Waals surface area contributed by atoms with E-state index in [0.717, 1.165) is 46.7 Å². The summed E-state index contributed by atoms with van der Waals surface area (Å²) in [6, 6.07) is 22.4. The van der Waals surface area contributed by atoms with Crippen molar-refractivity contribution in [3.8, 4) is 0 Å². The zero-order valence-corrected chi connectivity index (χ0v) is 24.4. The molecule has 0 heterocycles. The number of anilines is 1. The Morgan fingerprint density at radius 3 is 2.20 bits per heavy atom. The van der Waals surface area contributed by atoms with E-state index in [-0.39, 0.29) is 23.4 Å². The molecular formula is C32H39N3O4S. The Morgan fingerprint density at radius 2 is 1.57 bits per heavy atom. The van der Waals surface area contributed by atoms with Gasteiger partial charge in [-0.1, -0.05) is 79.9 Å². The van der Waals surface area contributed by atoms with Gasteiger partial charge >= 0.3 is 0 Å². The molecule has 0 unspecified atom stereocenters. The molecule has 1 N–H and O–H groups in total. The van der Waals surface area contributed by atoms with E-state index in [1.54, 1.807) is 36.4 Å². The van der Waals surface area contributed by atoms with E-state index in [2.05, 4.69) is 5.32 Å². The van der Waals surface area contributed by atoms with Crippen molar-refractivity contribution in [2.75, 3.05) is 10.8 Å². The number of hydrogen-bond donors (Lipinski definition) is 1. The molecule has 212 valence electrons. The lowest BCUT2D eigenvalue weighted by Gasteiger charge is -2.34. The number of nitrogens with zero attached hydrogens (tertiary/aromatic N) is 2. The lowest BCUT2D eigenvalue weighted by Crippen LogP contribution is -2.53. The number of sulfonamides is 1. The molecule has 1 aliphatic rings. The number of rotatable bonds is 11. The Hall–Kier alpha value is -3.65. The largest absolute Gasteiger partial charge is 0.352 e. The summed E-state index contributed by atoms with van der Waals surface area (Å²) < 4.78 is 28.9. The minimum atomic E-state index is -4.06. The summed E-state index contributed by atoms with van der Waals surface area (Å²) in [5, 5.41) is 3.14. The van der Waals surface area contributed by atoms with Gasteiger partial charge in [-0.3, -0.25) is 13.9 Å². The van der Waals surface area contributed by atoms with Crippen molar-refractivity contribution >= 4 is 27.5 Å². The predicted octanol–water partition coefficient (Wildman–Crippen LogP) is 5.36. The van der Waals surface area contributed by atoms with Crippen molar-refractivity contribution in [2.24, 2.45) is 0 Å². The average Bonchev–Trinajstić information content (AvgIpc) is 3.46. The SMILES string of the molecule is CC[C@H](C(=O)NC1CCCC1)N(Cc1ccc(C)cc1)C(=O)CN(c1cccc(C)c1)S(=O)(=O)c1ccccc1. The Morgan fingerprint density at radius 1 is 0.900 bits per heavy atom. The van der Waals surface area contributed by atoms with Gasteiger partial charge in [-0.25, -0.2) is 8.42 Å². The van der Waals surface area contributed by atoms with Crippen molar-refractivity contribution in [1.82, 2.24) is 10.2 Å². The Bertz CT molecular complexity index is 1400. The molecule has 40 heavy (non-hydrogen) atoms. The van der Waals surface area contributed by atoms with Gasteiger partial charge in [0.05, 0.1) is 10.6 Å². The fourth-order valence-electron chi connectivity index (χ4n) is 5.21. The third-order valence-corrected chi connectivity index (χ3v) is 9.25. The minimum Gasteiger partial charge on any atom is -0.352 e. The maximum atomic E-state index is 14.1. The lowest BCUT2D eigenvalue weighted by molar-refractivity contribution is -0.140. The zero-order valence-electron chi connectivity index (χ0n) is 23.5. The van der Waals surface area contributed by atoms with E-state index in [9.17, 15) is 18.0 Å². The Kier molecular flexibility index (Phi) is 9.63. The van der Waals surface area contributed by atoms with Crippen LogP contribution >= 0.6 is 0 Å². The summed E-state index contributed by atoms with van der Waals surface area (Å²) in [5.41, 5.74) is 3.24. The summed E-state index contributed by atoms with van der Waals surface area (Å²) in [4.78, 5) is 29.3. The van der Waals surface area contributed by atoms with Crippen LogP contribution < -0.4 is 9.62 Å². The number of carbonyl (C=O) groups is 2. The van der Waals surface area contributed by atoms with Gasteiger partial charge < -0.3 is 10.2 Å². The molecular weight excluding hydrogens is 522 g/mol. The van der Waals surface area contributed by atoms with Crippen LogP contribution in [0.2, 0.25) is 0 Å². The molecule has 0 spiro atoms. The van der Waals surface area contributed by atoms with Gasteiger partial charge in [0.25, 0.3) is 10.0 Å². The van der Waals surface area contributed by atoms with Crippen LogP contribution in [-0.2, 0) is 26.2 Å². The summed E-state index contributed by atoms with van der Waals surface area (Å²) in [6.07, 6.45) is 4.44. The van der Waals surface area contributed by atoms with Gasteiger partial charge in [-0.15, -0.1) is 0 Å². The van der Waals surface area contributed by atoms with Gasteiger partial charge in [-0.05, 0) is 68.5 Å². The molecule has 1 atom stereocenters. The molecule has 3 aromatic carbocycles. The lowest BCUT2D eigenvalue weighted by atomic mass is 10.1. The molecule has 2 amide bonds. The van der Waals surface area contributed by atoms with Gasteiger partial charge in [0, 0.05) is 12.6 Å². The first-order chi connectivity index (χ1) is 19.2. The molecule has 7 nitrogen and oxygen atoms in total. The number of nitrogens with one attached hydrogen (secondary N) is 1. The van der Waals surface area contributed by atoms with Gasteiger partial charge in [0.1, 0.15) is 12.6 Å². The molecule has 1 saturated carbocycles. The molecule has 0 aromatic heterocycles. The number of benzene rings is 3. The highest BCUT2D eigenvalue weighted by atomic mass is 32.2. The van der Waals surface area contributed by atoms with Crippen LogP contribution in [0, 0.1) is 13.8 Å². The van der Waals surface area contributed by atoms with E-state index in [0.29, 0.717) is 12.1 Å².